The number of anilines is 1. The average Bonchev–Trinajstić information content (AvgIpc) is 2.67. The van der Waals surface area contributed by atoms with E-state index in [1.807, 2.05) is 17.9 Å². The van der Waals surface area contributed by atoms with Crippen molar-refractivity contribution in [3.05, 3.63) is 66.1 Å². The molecule has 3 rings (SSSR count). The number of likely N-dealkylation sites (tertiary alicyclic amines) is 1. The number of aromatic nitrogens is 2. The Bertz CT molecular complexity index is 752. The molecule has 1 aliphatic heterocycles. The molecular weight excluding hydrogens is 324 g/mol. The van der Waals surface area contributed by atoms with Gasteiger partial charge in [-0.2, -0.15) is 0 Å². The molecule has 5 nitrogen and oxygen atoms in total. The molecule has 1 aromatic carbocycles. The van der Waals surface area contributed by atoms with Crippen molar-refractivity contribution in [3.8, 4) is 0 Å². The van der Waals surface area contributed by atoms with Crippen LogP contribution in [0.4, 0.5) is 5.82 Å². The Labute approximate surface area is 155 Å². The van der Waals surface area contributed by atoms with Crippen LogP contribution in [0.1, 0.15) is 34.7 Å². The Morgan fingerprint density at radius 3 is 2.69 bits per heavy atom. The first-order valence-electron chi connectivity index (χ1n) is 9.19. The van der Waals surface area contributed by atoms with E-state index in [1.54, 1.807) is 12.1 Å². The quantitative estimate of drug-likeness (QED) is 0.811. The Hall–Kier alpha value is -2.69. The molecule has 1 aromatic heterocycles. The van der Waals surface area contributed by atoms with Crippen LogP contribution < -0.4 is 5.32 Å². The van der Waals surface area contributed by atoms with Gasteiger partial charge in [-0.1, -0.05) is 36.4 Å². The summed E-state index contributed by atoms with van der Waals surface area (Å²) in [5.74, 6) is 1.90. The number of carbonyl (C=O) groups is 1. The molecular formula is C21H26N4O. The molecule has 0 radical (unpaired) electrons. The van der Waals surface area contributed by atoms with Gasteiger partial charge in [0.15, 0.2) is 0 Å². The first-order valence-corrected chi connectivity index (χ1v) is 9.19. The molecule has 0 bridgehead atoms. The van der Waals surface area contributed by atoms with Crippen LogP contribution in [0.5, 0.6) is 0 Å². The molecule has 2 aromatic rings. The minimum Gasteiger partial charge on any atom is -0.366 e. The van der Waals surface area contributed by atoms with E-state index in [0.29, 0.717) is 29.8 Å². The lowest BCUT2D eigenvalue weighted by atomic mass is 9.90. The molecule has 1 fully saturated rings. The highest BCUT2D eigenvalue weighted by Crippen LogP contribution is 2.23. The second-order valence-corrected chi connectivity index (χ2v) is 6.78. The second kappa shape index (κ2) is 8.61. The van der Waals surface area contributed by atoms with Gasteiger partial charge in [0.1, 0.15) is 17.3 Å². The van der Waals surface area contributed by atoms with Crippen LogP contribution in [-0.2, 0) is 6.42 Å². The normalized spacial score (nSPS) is 14.9. The van der Waals surface area contributed by atoms with Gasteiger partial charge in [-0.25, -0.2) is 9.97 Å². The molecule has 0 unspecified atom stereocenters. The van der Waals surface area contributed by atoms with Gasteiger partial charge in [0.05, 0.1) is 0 Å². The van der Waals surface area contributed by atoms with E-state index < -0.39 is 0 Å². The summed E-state index contributed by atoms with van der Waals surface area (Å²) >= 11 is 0. The summed E-state index contributed by atoms with van der Waals surface area (Å²) < 4.78 is 0. The van der Waals surface area contributed by atoms with Crippen molar-refractivity contribution in [2.45, 2.75) is 26.2 Å². The van der Waals surface area contributed by atoms with Gasteiger partial charge in [0.2, 0.25) is 0 Å². The summed E-state index contributed by atoms with van der Waals surface area (Å²) in [4.78, 5) is 23.4. The molecule has 1 aliphatic rings. The molecule has 2 heterocycles. The summed E-state index contributed by atoms with van der Waals surface area (Å²) in [5, 5.41) is 3.13. The van der Waals surface area contributed by atoms with Crippen molar-refractivity contribution in [2.24, 2.45) is 5.92 Å². The Balaban J connectivity index is 1.59. The molecule has 0 spiro atoms. The van der Waals surface area contributed by atoms with Crippen LogP contribution in [-0.4, -0.2) is 40.4 Å². The van der Waals surface area contributed by atoms with Crippen molar-refractivity contribution in [1.29, 1.82) is 0 Å². The molecule has 1 saturated heterocycles. The zero-order chi connectivity index (χ0) is 18.4. The van der Waals surface area contributed by atoms with E-state index in [2.05, 4.69) is 46.1 Å². The number of hydrogen-bond acceptors (Lipinski definition) is 4. The number of nitrogens with one attached hydrogen (secondary N) is 1. The molecule has 0 atom stereocenters. The minimum atomic E-state index is -0.00434. The fraction of sp³-hybridized carbons (Fsp3) is 0.381. The average molecular weight is 350 g/mol. The largest absolute Gasteiger partial charge is 0.366 e. The number of amides is 1. The highest BCUT2D eigenvalue weighted by atomic mass is 16.2. The summed E-state index contributed by atoms with van der Waals surface area (Å²) in [6.07, 6.45) is 4.92. The molecule has 1 amide bonds. The maximum absolute atomic E-state index is 12.8. The predicted octanol–water partition coefficient (Wildman–Crippen LogP) is 3.48. The molecule has 5 heteroatoms. The molecule has 0 saturated carbocycles. The monoisotopic (exact) mass is 350 g/mol. The van der Waals surface area contributed by atoms with Gasteiger partial charge in [0.25, 0.3) is 5.91 Å². The zero-order valence-corrected chi connectivity index (χ0v) is 15.3. The van der Waals surface area contributed by atoms with Crippen LogP contribution in [0.2, 0.25) is 0 Å². The number of carbonyl (C=O) groups excluding carboxylic acids is 1. The van der Waals surface area contributed by atoms with Crippen LogP contribution in [0.15, 0.2) is 49.1 Å². The third kappa shape index (κ3) is 4.69. The van der Waals surface area contributed by atoms with Gasteiger partial charge in [0, 0.05) is 25.7 Å². The molecule has 0 aliphatic carbocycles. The maximum Gasteiger partial charge on any atom is 0.272 e. The van der Waals surface area contributed by atoms with Gasteiger partial charge in [-0.15, -0.1) is 6.58 Å². The first kappa shape index (κ1) is 18.1. The summed E-state index contributed by atoms with van der Waals surface area (Å²) in [7, 11) is 0. The van der Waals surface area contributed by atoms with Crippen molar-refractivity contribution < 1.29 is 4.79 Å². The second-order valence-electron chi connectivity index (χ2n) is 6.78. The SMILES string of the molecule is C=CCNc1cc(C(=O)N2CCC(Cc3ccccc3)CC2)nc(C)n1. The fourth-order valence-corrected chi connectivity index (χ4v) is 3.39. The van der Waals surface area contributed by atoms with Crippen LogP contribution in [0.25, 0.3) is 0 Å². The summed E-state index contributed by atoms with van der Waals surface area (Å²) in [5.41, 5.74) is 1.84. The van der Waals surface area contributed by atoms with E-state index in [0.717, 1.165) is 32.4 Å². The molecule has 26 heavy (non-hydrogen) atoms. The highest BCUT2D eigenvalue weighted by Gasteiger charge is 2.25. The summed E-state index contributed by atoms with van der Waals surface area (Å²) in [6, 6.07) is 12.3. The van der Waals surface area contributed by atoms with E-state index >= 15 is 0 Å². The Morgan fingerprint density at radius 1 is 1.27 bits per heavy atom. The smallest absolute Gasteiger partial charge is 0.272 e. The van der Waals surface area contributed by atoms with E-state index in [-0.39, 0.29) is 5.91 Å². The third-order valence-electron chi connectivity index (χ3n) is 4.75. The number of hydrogen-bond donors (Lipinski definition) is 1. The van der Waals surface area contributed by atoms with Crippen molar-refractivity contribution >= 4 is 11.7 Å². The fourth-order valence-electron chi connectivity index (χ4n) is 3.39. The number of piperidine rings is 1. The van der Waals surface area contributed by atoms with Crippen LogP contribution >= 0.6 is 0 Å². The zero-order valence-electron chi connectivity index (χ0n) is 15.3. The number of benzene rings is 1. The van der Waals surface area contributed by atoms with E-state index in [9.17, 15) is 4.79 Å². The van der Waals surface area contributed by atoms with Gasteiger partial charge >= 0.3 is 0 Å². The number of rotatable bonds is 6. The highest BCUT2D eigenvalue weighted by molar-refractivity contribution is 5.93. The van der Waals surface area contributed by atoms with Crippen molar-refractivity contribution in [1.82, 2.24) is 14.9 Å². The standard InChI is InChI=1S/C21H26N4O/c1-3-11-22-20-15-19(23-16(2)24-20)21(26)25-12-9-18(10-13-25)14-17-7-5-4-6-8-17/h3-8,15,18H,1,9-14H2,2H3,(H,22,23,24). The van der Waals surface area contributed by atoms with Gasteiger partial charge in [-0.3, -0.25) is 4.79 Å². The van der Waals surface area contributed by atoms with Crippen LogP contribution in [0.3, 0.4) is 0 Å². The van der Waals surface area contributed by atoms with Crippen LogP contribution in [0, 0.1) is 12.8 Å². The molecule has 136 valence electrons. The van der Waals surface area contributed by atoms with Gasteiger partial charge < -0.3 is 10.2 Å². The number of nitrogens with zero attached hydrogens (tertiary/aromatic N) is 3. The molecule has 1 N–H and O–H groups in total. The number of aryl methyl sites for hydroxylation is 1. The van der Waals surface area contributed by atoms with Gasteiger partial charge in [-0.05, 0) is 37.7 Å². The Kier molecular flexibility index (Phi) is 6.00. The first-order chi connectivity index (χ1) is 12.7. The predicted molar refractivity (Wildman–Crippen MR) is 104 cm³/mol. The third-order valence-corrected chi connectivity index (χ3v) is 4.75. The lowest BCUT2D eigenvalue weighted by Gasteiger charge is -2.32. The van der Waals surface area contributed by atoms with E-state index in [1.165, 1.54) is 5.56 Å². The van der Waals surface area contributed by atoms with Crippen molar-refractivity contribution in [2.75, 3.05) is 25.0 Å². The van der Waals surface area contributed by atoms with Crippen molar-refractivity contribution in [3.63, 3.8) is 0 Å². The van der Waals surface area contributed by atoms with E-state index in [4.69, 9.17) is 0 Å². The maximum atomic E-state index is 12.8. The lowest BCUT2D eigenvalue weighted by molar-refractivity contribution is 0.0684. The lowest BCUT2D eigenvalue weighted by Crippen LogP contribution is -2.39. The minimum absolute atomic E-state index is 0.00434. The Morgan fingerprint density at radius 2 is 2.00 bits per heavy atom. The topological polar surface area (TPSA) is 58.1 Å². The summed E-state index contributed by atoms with van der Waals surface area (Å²) in [6.45, 7) is 7.67.